The van der Waals surface area contributed by atoms with E-state index in [1.165, 1.54) is 5.56 Å². The first-order chi connectivity index (χ1) is 10.1. The molecule has 108 valence electrons. The standard InChI is InChI=1S/C15H15ClN4S/c1-9-8-21-15-13(9)14(19-10(2)20-15)17-6-5-11-3-4-12(16)18-7-11/h3-4,7-8H,5-6H2,1-2H3,(H,17,19,20). The van der Waals surface area contributed by atoms with E-state index < -0.39 is 0 Å². The Labute approximate surface area is 132 Å². The maximum atomic E-state index is 5.79. The second kappa shape index (κ2) is 5.95. The van der Waals surface area contributed by atoms with Crippen LogP contribution in [0.4, 0.5) is 5.82 Å². The van der Waals surface area contributed by atoms with Crippen LogP contribution in [0.5, 0.6) is 0 Å². The highest BCUT2D eigenvalue weighted by Gasteiger charge is 2.10. The minimum Gasteiger partial charge on any atom is -0.369 e. The number of thiophene rings is 1. The third-order valence-electron chi connectivity index (χ3n) is 3.22. The molecule has 0 fully saturated rings. The van der Waals surface area contributed by atoms with Crippen molar-refractivity contribution in [1.82, 2.24) is 15.0 Å². The van der Waals surface area contributed by atoms with Gasteiger partial charge in [0, 0.05) is 12.7 Å². The van der Waals surface area contributed by atoms with Crippen LogP contribution < -0.4 is 5.32 Å². The van der Waals surface area contributed by atoms with E-state index in [0.717, 1.165) is 40.4 Å². The number of pyridine rings is 1. The third kappa shape index (κ3) is 3.14. The highest BCUT2D eigenvalue weighted by Crippen LogP contribution is 2.29. The molecule has 3 heterocycles. The molecular formula is C15H15ClN4S. The molecule has 0 spiro atoms. The molecule has 0 unspecified atom stereocenters. The summed E-state index contributed by atoms with van der Waals surface area (Å²) in [5.74, 6) is 1.71. The molecule has 3 aromatic rings. The fraction of sp³-hybridized carbons (Fsp3) is 0.267. The zero-order valence-corrected chi connectivity index (χ0v) is 13.4. The van der Waals surface area contributed by atoms with Crippen LogP contribution in [0.1, 0.15) is 17.0 Å². The molecule has 3 aromatic heterocycles. The second-order valence-corrected chi connectivity index (χ2v) is 6.13. The van der Waals surface area contributed by atoms with Crippen LogP contribution in [0.2, 0.25) is 5.15 Å². The summed E-state index contributed by atoms with van der Waals surface area (Å²) < 4.78 is 0. The summed E-state index contributed by atoms with van der Waals surface area (Å²) in [6.07, 6.45) is 2.68. The first-order valence-electron chi connectivity index (χ1n) is 6.70. The molecule has 1 N–H and O–H groups in total. The van der Waals surface area contributed by atoms with Gasteiger partial charge in [0.1, 0.15) is 21.6 Å². The fourth-order valence-corrected chi connectivity index (χ4v) is 3.28. The Bertz CT molecular complexity index is 767. The van der Waals surface area contributed by atoms with E-state index >= 15 is 0 Å². The highest BCUT2D eigenvalue weighted by atomic mass is 35.5. The number of aromatic nitrogens is 3. The molecule has 0 atom stereocenters. The number of hydrogen-bond acceptors (Lipinski definition) is 5. The number of anilines is 1. The van der Waals surface area contributed by atoms with E-state index in [1.807, 2.05) is 19.1 Å². The van der Waals surface area contributed by atoms with Gasteiger partial charge >= 0.3 is 0 Å². The zero-order valence-electron chi connectivity index (χ0n) is 11.9. The van der Waals surface area contributed by atoms with Crippen molar-refractivity contribution in [2.75, 3.05) is 11.9 Å². The molecular weight excluding hydrogens is 304 g/mol. The number of nitrogens with one attached hydrogen (secondary N) is 1. The number of nitrogens with zero attached hydrogens (tertiary/aromatic N) is 3. The van der Waals surface area contributed by atoms with E-state index in [2.05, 4.69) is 32.6 Å². The van der Waals surface area contributed by atoms with E-state index in [9.17, 15) is 0 Å². The molecule has 0 aliphatic rings. The summed E-state index contributed by atoms with van der Waals surface area (Å²) in [5, 5.41) is 7.18. The minimum absolute atomic E-state index is 0.522. The van der Waals surface area contributed by atoms with Crippen molar-refractivity contribution < 1.29 is 0 Å². The quantitative estimate of drug-likeness (QED) is 0.738. The number of hydrogen-bond donors (Lipinski definition) is 1. The number of aryl methyl sites for hydroxylation is 2. The molecule has 0 aromatic carbocycles. The van der Waals surface area contributed by atoms with E-state index in [-0.39, 0.29) is 0 Å². The fourth-order valence-electron chi connectivity index (χ4n) is 2.20. The van der Waals surface area contributed by atoms with Crippen LogP contribution in [-0.2, 0) is 6.42 Å². The molecule has 6 heteroatoms. The summed E-state index contributed by atoms with van der Waals surface area (Å²) in [7, 11) is 0. The molecule has 0 saturated heterocycles. The van der Waals surface area contributed by atoms with Crippen molar-refractivity contribution in [3.63, 3.8) is 0 Å². The topological polar surface area (TPSA) is 50.7 Å². The first kappa shape index (κ1) is 14.2. The van der Waals surface area contributed by atoms with Gasteiger partial charge in [-0.25, -0.2) is 15.0 Å². The van der Waals surface area contributed by atoms with Crippen molar-refractivity contribution in [3.05, 3.63) is 45.8 Å². The monoisotopic (exact) mass is 318 g/mol. The molecule has 3 rings (SSSR count). The Hall–Kier alpha value is -1.72. The van der Waals surface area contributed by atoms with Crippen LogP contribution >= 0.6 is 22.9 Å². The summed E-state index contributed by atoms with van der Waals surface area (Å²) in [6, 6.07) is 3.81. The molecule has 21 heavy (non-hydrogen) atoms. The number of rotatable bonds is 4. The Kier molecular flexibility index (Phi) is 4.03. The van der Waals surface area contributed by atoms with Crippen molar-refractivity contribution in [3.8, 4) is 0 Å². The molecule has 0 bridgehead atoms. The molecule has 0 radical (unpaired) electrons. The normalized spacial score (nSPS) is 11.0. The van der Waals surface area contributed by atoms with Gasteiger partial charge < -0.3 is 5.32 Å². The lowest BCUT2D eigenvalue weighted by atomic mass is 10.2. The molecule has 0 amide bonds. The van der Waals surface area contributed by atoms with Gasteiger partial charge in [0.2, 0.25) is 0 Å². The lowest BCUT2D eigenvalue weighted by Gasteiger charge is -2.08. The predicted octanol–water partition coefficient (Wildman–Crippen LogP) is 4.01. The van der Waals surface area contributed by atoms with Gasteiger partial charge in [-0.05, 0) is 42.8 Å². The summed E-state index contributed by atoms with van der Waals surface area (Å²) in [4.78, 5) is 14.1. The van der Waals surface area contributed by atoms with E-state index in [1.54, 1.807) is 17.5 Å². The van der Waals surface area contributed by atoms with Gasteiger partial charge in [-0.2, -0.15) is 0 Å². The van der Waals surface area contributed by atoms with Crippen LogP contribution in [0.25, 0.3) is 10.2 Å². The van der Waals surface area contributed by atoms with Gasteiger partial charge in [0.25, 0.3) is 0 Å². The van der Waals surface area contributed by atoms with Crippen molar-refractivity contribution in [2.45, 2.75) is 20.3 Å². The first-order valence-corrected chi connectivity index (χ1v) is 7.96. The summed E-state index contributed by atoms with van der Waals surface area (Å²) in [6.45, 7) is 4.80. The average Bonchev–Trinajstić information content (AvgIpc) is 2.82. The van der Waals surface area contributed by atoms with Crippen molar-refractivity contribution >= 4 is 39.0 Å². The third-order valence-corrected chi connectivity index (χ3v) is 4.44. The average molecular weight is 319 g/mol. The molecule has 0 aliphatic carbocycles. The van der Waals surface area contributed by atoms with Crippen LogP contribution in [-0.4, -0.2) is 21.5 Å². The second-order valence-electron chi connectivity index (χ2n) is 4.88. The lowest BCUT2D eigenvalue weighted by molar-refractivity contribution is 0.985. The van der Waals surface area contributed by atoms with E-state index in [4.69, 9.17) is 11.6 Å². The maximum Gasteiger partial charge on any atom is 0.138 e. The maximum absolute atomic E-state index is 5.79. The Morgan fingerprint density at radius 3 is 2.86 bits per heavy atom. The van der Waals surface area contributed by atoms with Crippen LogP contribution in [0.15, 0.2) is 23.7 Å². The number of fused-ring (bicyclic) bond motifs is 1. The van der Waals surface area contributed by atoms with Gasteiger partial charge in [-0.1, -0.05) is 17.7 Å². The van der Waals surface area contributed by atoms with Crippen molar-refractivity contribution in [2.24, 2.45) is 0 Å². The van der Waals surface area contributed by atoms with Crippen LogP contribution in [0, 0.1) is 13.8 Å². The number of halogens is 1. The molecule has 4 nitrogen and oxygen atoms in total. The van der Waals surface area contributed by atoms with Gasteiger partial charge in [-0.3, -0.25) is 0 Å². The Morgan fingerprint density at radius 1 is 1.24 bits per heavy atom. The lowest BCUT2D eigenvalue weighted by Crippen LogP contribution is -2.08. The SMILES string of the molecule is Cc1nc(NCCc2ccc(Cl)nc2)c2c(C)csc2n1. The smallest absolute Gasteiger partial charge is 0.138 e. The summed E-state index contributed by atoms with van der Waals surface area (Å²) >= 11 is 7.44. The molecule has 0 aliphatic heterocycles. The zero-order chi connectivity index (χ0) is 14.8. The van der Waals surface area contributed by atoms with E-state index in [0.29, 0.717) is 5.15 Å². The van der Waals surface area contributed by atoms with Crippen molar-refractivity contribution in [1.29, 1.82) is 0 Å². The Morgan fingerprint density at radius 2 is 2.10 bits per heavy atom. The van der Waals surface area contributed by atoms with Gasteiger partial charge in [0.15, 0.2) is 0 Å². The van der Waals surface area contributed by atoms with Crippen LogP contribution in [0.3, 0.4) is 0 Å². The predicted molar refractivity (Wildman–Crippen MR) is 88.3 cm³/mol. The largest absolute Gasteiger partial charge is 0.369 e. The molecule has 0 saturated carbocycles. The van der Waals surface area contributed by atoms with Gasteiger partial charge in [-0.15, -0.1) is 11.3 Å². The highest BCUT2D eigenvalue weighted by molar-refractivity contribution is 7.17. The Balaban J connectivity index is 1.76. The minimum atomic E-state index is 0.522. The van der Waals surface area contributed by atoms with Gasteiger partial charge in [0.05, 0.1) is 5.39 Å². The summed E-state index contributed by atoms with van der Waals surface area (Å²) in [5.41, 5.74) is 2.36.